The van der Waals surface area contributed by atoms with E-state index in [2.05, 4.69) is 5.32 Å². The van der Waals surface area contributed by atoms with Gasteiger partial charge < -0.3 is 10.1 Å². The molecule has 2 aromatic carbocycles. The average Bonchev–Trinajstić information content (AvgIpc) is 2.46. The van der Waals surface area contributed by atoms with Crippen LogP contribution in [0.3, 0.4) is 0 Å². The Labute approximate surface area is 115 Å². The van der Waals surface area contributed by atoms with E-state index in [4.69, 9.17) is 4.74 Å². The number of nitrogens with one attached hydrogen (secondary N) is 1. The van der Waals surface area contributed by atoms with Gasteiger partial charge in [-0.1, -0.05) is 18.2 Å². The molecular weight excluding hydrogens is 263 g/mol. The Morgan fingerprint density at radius 2 is 2.05 bits per heavy atom. The molecule has 0 radical (unpaired) electrons. The van der Waals surface area contributed by atoms with Gasteiger partial charge in [0, 0.05) is 29.9 Å². The number of ether oxygens (including phenoxy) is 1. The van der Waals surface area contributed by atoms with Crippen molar-refractivity contribution in [2.75, 3.05) is 12.4 Å². The zero-order valence-electron chi connectivity index (χ0n) is 10.8. The van der Waals surface area contributed by atoms with Crippen LogP contribution in [-0.4, -0.2) is 12.0 Å². The molecule has 20 heavy (non-hydrogen) atoms. The fourth-order valence-electron chi connectivity index (χ4n) is 1.81. The van der Waals surface area contributed by atoms with Crippen LogP contribution in [0.5, 0.6) is 5.75 Å². The van der Waals surface area contributed by atoms with Gasteiger partial charge in [-0.2, -0.15) is 0 Å². The number of rotatable bonds is 5. The van der Waals surface area contributed by atoms with E-state index < -0.39 is 10.7 Å². The molecule has 0 fully saturated rings. The number of anilines is 1. The van der Waals surface area contributed by atoms with Gasteiger partial charge >= 0.3 is 0 Å². The highest BCUT2D eigenvalue weighted by molar-refractivity contribution is 5.50. The maximum atomic E-state index is 13.3. The summed E-state index contributed by atoms with van der Waals surface area (Å²) in [6.45, 7) is 0.270. The molecule has 2 rings (SSSR count). The second-order valence-corrected chi connectivity index (χ2v) is 4.09. The van der Waals surface area contributed by atoms with Crippen molar-refractivity contribution >= 4 is 11.4 Å². The van der Waals surface area contributed by atoms with Crippen molar-refractivity contribution < 1.29 is 14.1 Å². The Kier molecular flexibility index (Phi) is 4.14. The summed E-state index contributed by atoms with van der Waals surface area (Å²) in [5, 5.41) is 13.9. The van der Waals surface area contributed by atoms with Gasteiger partial charge in [0.05, 0.1) is 12.0 Å². The summed E-state index contributed by atoms with van der Waals surface area (Å²) in [5.41, 5.74) is 1.23. The van der Waals surface area contributed by atoms with E-state index in [1.807, 2.05) is 0 Å². The first-order valence-corrected chi connectivity index (χ1v) is 5.91. The van der Waals surface area contributed by atoms with Gasteiger partial charge in [0.2, 0.25) is 0 Å². The van der Waals surface area contributed by atoms with Gasteiger partial charge in [0.25, 0.3) is 5.69 Å². The van der Waals surface area contributed by atoms with Crippen LogP contribution < -0.4 is 10.1 Å². The lowest BCUT2D eigenvalue weighted by Crippen LogP contribution is -2.03. The predicted molar refractivity (Wildman–Crippen MR) is 73.4 cm³/mol. The van der Waals surface area contributed by atoms with E-state index >= 15 is 0 Å². The van der Waals surface area contributed by atoms with Crippen molar-refractivity contribution in [3.05, 3.63) is 64.0 Å². The van der Waals surface area contributed by atoms with E-state index in [1.54, 1.807) is 24.3 Å². The number of benzene rings is 2. The fourth-order valence-corrected chi connectivity index (χ4v) is 1.81. The van der Waals surface area contributed by atoms with Gasteiger partial charge in [-0.15, -0.1) is 0 Å². The molecular formula is C14H13FN2O3. The summed E-state index contributed by atoms with van der Waals surface area (Å²) in [7, 11) is 1.38. The number of nitro benzene ring substituents is 1. The summed E-state index contributed by atoms with van der Waals surface area (Å²) in [5.74, 6) is -0.332. The van der Waals surface area contributed by atoms with E-state index in [-0.39, 0.29) is 18.0 Å². The minimum Gasteiger partial charge on any atom is -0.494 e. The molecule has 0 saturated carbocycles. The summed E-state index contributed by atoms with van der Waals surface area (Å²) < 4.78 is 18.1. The predicted octanol–water partition coefficient (Wildman–Crippen LogP) is 3.35. The van der Waals surface area contributed by atoms with Gasteiger partial charge in [0.15, 0.2) is 11.6 Å². The lowest BCUT2D eigenvalue weighted by molar-refractivity contribution is -0.385. The van der Waals surface area contributed by atoms with Gasteiger partial charge in [-0.25, -0.2) is 4.39 Å². The zero-order chi connectivity index (χ0) is 14.5. The monoisotopic (exact) mass is 276 g/mol. The quantitative estimate of drug-likeness (QED) is 0.671. The Morgan fingerprint density at radius 1 is 1.30 bits per heavy atom. The molecule has 104 valence electrons. The number of nitrogens with zero attached hydrogens (tertiary/aromatic N) is 1. The van der Waals surface area contributed by atoms with Crippen LogP contribution >= 0.6 is 0 Å². The third-order valence-corrected chi connectivity index (χ3v) is 2.82. The number of hydrogen-bond acceptors (Lipinski definition) is 4. The molecule has 0 bridgehead atoms. The van der Waals surface area contributed by atoms with Crippen LogP contribution in [0.1, 0.15) is 5.56 Å². The second-order valence-electron chi connectivity index (χ2n) is 4.09. The number of nitro groups is 1. The molecule has 0 aromatic heterocycles. The number of halogens is 1. The van der Waals surface area contributed by atoms with E-state index in [0.29, 0.717) is 11.3 Å². The third kappa shape index (κ3) is 3.03. The number of para-hydroxylation sites is 1. The van der Waals surface area contributed by atoms with Crippen LogP contribution in [0.4, 0.5) is 15.8 Å². The maximum Gasteiger partial charge on any atom is 0.274 e. The highest BCUT2D eigenvalue weighted by Gasteiger charge is 2.12. The Balaban J connectivity index is 2.15. The summed E-state index contributed by atoms with van der Waals surface area (Å²) in [6.07, 6.45) is 0. The van der Waals surface area contributed by atoms with Crippen molar-refractivity contribution in [1.29, 1.82) is 0 Å². The van der Waals surface area contributed by atoms with E-state index in [9.17, 15) is 14.5 Å². The van der Waals surface area contributed by atoms with Crippen LogP contribution in [0.2, 0.25) is 0 Å². The van der Waals surface area contributed by atoms with E-state index in [0.717, 1.165) is 0 Å². The van der Waals surface area contributed by atoms with Gasteiger partial charge in [-0.3, -0.25) is 10.1 Å². The van der Waals surface area contributed by atoms with Gasteiger partial charge in [-0.05, 0) is 12.1 Å². The number of hydrogen-bond donors (Lipinski definition) is 1. The Hall–Kier alpha value is -2.63. The smallest absolute Gasteiger partial charge is 0.274 e. The molecule has 0 atom stereocenters. The van der Waals surface area contributed by atoms with E-state index in [1.165, 1.54) is 25.3 Å². The molecule has 0 aliphatic rings. The first-order chi connectivity index (χ1) is 9.61. The largest absolute Gasteiger partial charge is 0.494 e. The standard InChI is InChI=1S/C14H13FN2O3/c1-20-14-8-11(6-7-12(14)15)16-9-10-4-2-3-5-13(10)17(18)19/h2-8,16H,9H2,1H3. The molecule has 0 heterocycles. The van der Waals surface area contributed by atoms with Crippen molar-refractivity contribution in [3.63, 3.8) is 0 Å². The summed E-state index contributed by atoms with van der Waals surface area (Å²) in [6, 6.07) is 10.8. The topological polar surface area (TPSA) is 64.4 Å². The van der Waals surface area contributed by atoms with Crippen LogP contribution in [0.15, 0.2) is 42.5 Å². The van der Waals surface area contributed by atoms with Crippen molar-refractivity contribution in [2.24, 2.45) is 0 Å². The molecule has 0 spiro atoms. The first kappa shape index (κ1) is 13.8. The average molecular weight is 276 g/mol. The van der Waals surface area contributed by atoms with Crippen molar-refractivity contribution in [2.45, 2.75) is 6.54 Å². The van der Waals surface area contributed by atoms with Gasteiger partial charge in [0.1, 0.15) is 0 Å². The third-order valence-electron chi connectivity index (χ3n) is 2.82. The summed E-state index contributed by atoms with van der Waals surface area (Å²) >= 11 is 0. The van der Waals surface area contributed by atoms with Crippen molar-refractivity contribution in [3.8, 4) is 5.75 Å². The second kappa shape index (κ2) is 6.01. The Bertz CT molecular complexity index is 632. The fraction of sp³-hybridized carbons (Fsp3) is 0.143. The van der Waals surface area contributed by atoms with Crippen molar-refractivity contribution in [1.82, 2.24) is 0 Å². The molecule has 1 N–H and O–H groups in total. The van der Waals surface area contributed by atoms with Crippen LogP contribution in [0.25, 0.3) is 0 Å². The highest BCUT2D eigenvalue weighted by Crippen LogP contribution is 2.23. The SMILES string of the molecule is COc1cc(NCc2ccccc2[N+](=O)[O-])ccc1F. The zero-order valence-corrected chi connectivity index (χ0v) is 10.8. The lowest BCUT2D eigenvalue weighted by Gasteiger charge is -2.09. The first-order valence-electron chi connectivity index (χ1n) is 5.91. The van der Waals surface area contributed by atoms with Crippen LogP contribution in [-0.2, 0) is 6.54 Å². The molecule has 2 aromatic rings. The minimum absolute atomic E-state index is 0.0501. The normalized spacial score (nSPS) is 10.1. The number of methoxy groups -OCH3 is 1. The highest BCUT2D eigenvalue weighted by atomic mass is 19.1. The summed E-state index contributed by atoms with van der Waals surface area (Å²) in [4.78, 5) is 10.5. The molecule has 0 aliphatic heterocycles. The maximum absolute atomic E-state index is 13.3. The molecule has 5 nitrogen and oxygen atoms in total. The molecule has 0 amide bonds. The molecule has 6 heteroatoms. The minimum atomic E-state index is -0.455. The lowest BCUT2D eigenvalue weighted by atomic mass is 10.1. The molecule has 0 unspecified atom stereocenters. The Morgan fingerprint density at radius 3 is 2.75 bits per heavy atom. The molecule has 0 aliphatic carbocycles. The van der Waals surface area contributed by atoms with Crippen LogP contribution in [0, 0.1) is 15.9 Å². The molecule has 0 saturated heterocycles.